The second-order valence-electron chi connectivity index (χ2n) is 4.28. The molecule has 0 aliphatic carbocycles. The molecule has 0 radical (unpaired) electrons. The van der Waals surface area contributed by atoms with E-state index in [1.54, 1.807) is 48.5 Å². The Bertz CT molecular complexity index is 667. The van der Waals surface area contributed by atoms with Crippen LogP contribution in [0.25, 0.3) is 0 Å². The fourth-order valence-corrected chi connectivity index (χ4v) is 1.80. The van der Waals surface area contributed by atoms with E-state index < -0.39 is 5.97 Å². The van der Waals surface area contributed by atoms with Crippen molar-refractivity contribution < 1.29 is 19.1 Å². The van der Waals surface area contributed by atoms with Crippen molar-refractivity contribution in [3.8, 4) is 11.5 Å². The highest BCUT2D eigenvalue weighted by atomic mass is 35.5. The maximum absolute atomic E-state index is 11.7. The summed E-state index contributed by atoms with van der Waals surface area (Å²) in [6, 6.07) is 13.3. The number of halogens is 1. The van der Waals surface area contributed by atoms with Gasteiger partial charge in [0.2, 0.25) is 0 Å². The minimum Gasteiger partial charge on any atom is -0.482 e. The zero-order valence-corrected chi connectivity index (χ0v) is 12.1. The second-order valence-corrected chi connectivity index (χ2v) is 4.68. The van der Waals surface area contributed by atoms with E-state index in [1.165, 1.54) is 6.92 Å². The van der Waals surface area contributed by atoms with Crippen LogP contribution < -0.4 is 9.47 Å². The molecular formula is C16H13ClO4. The third-order valence-corrected chi connectivity index (χ3v) is 2.97. The van der Waals surface area contributed by atoms with E-state index in [0.717, 1.165) is 0 Å². The number of carbonyl (C=O) groups excluding carboxylic acids is 2. The Morgan fingerprint density at radius 2 is 1.86 bits per heavy atom. The summed E-state index contributed by atoms with van der Waals surface area (Å²) in [4.78, 5) is 22.9. The van der Waals surface area contributed by atoms with Crippen molar-refractivity contribution in [1.29, 1.82) is 0 Å². The minimum absolute atomic E-state index is 0.0703. The summed E-state index contributed by atoms with van der Waals surface area (Å²) in [5, 5.41) is 0.351. The summed E-state index contributed by atoms with van der Waals surface area (Å²) in [7, 11) is 0. The molecule has 0 saturated carbocycles. The molecule has 0 bridgehead atoms. The van der Waals surface area contributed by atoms with E-state index in [1.807, 2.05) is 0 Å². The molecule has 0 amide bonds. The Labute approximate surface area is 127 Å². The highest BCUT2D eigenvalue weighted by Crippen LogP contribution is 2.23. The monoisotopic (exact) mass is 304 g/mol. The predicted molar refractivity (Wildman–Crippen MR) is 79.0 cm³/mol. The van der Waals surface area contributed by atoms with Crippen LogP contribution in [0.3, 0.4) is 0 Å². The van der Waals surface area contributed by atoms with Gasteiger partial charge >= 0.3 is 5.97 Å². The standard InChI is InChI=1S/C16H13ClO4/c1-11(18)12-5-4-6-13(9-12)20-10-16(19)21-15-8-3-2-7-14(15)17/h2-9H,10H2,1H3. The molecule has 0 aromatic heterocycles. The second kappa shape index (κ2) is 6.90. The number of carbonyl (C=O) groups is 2. The molecule has 4 nitrogen and oxygen atoms in total. The van der Waals surface area contributed by atoms with Crippen LogP contribution in [-0.4, -0.2) is 18.4 Å². The van der Waals surface area contributed by atoms with E-state index in [2.05, 4.69) is 0 Å². The van der Waals surface area contributed by atoms with Crippen LogP contribution in [0, 0.1) is 0 Å². The topological polar surface area (TPSA) is 52.6 Å². The quantitative estimate of drug-likeness (QED) is 0.482. The summed E-state index contributed by atoms with van der Waals surface area (Å²) in [6.45, 7) is 1.19. The molecule has 2 rings (SSSR count). The van der Waals surface area contributed by atoms with Gasteiger partial charge in [0.05, 0.1) is 5.02 Å². The third kappa shape index (κ3) is 4.33. The maximum atomic E-state index is 11.7. The molecule has 0 heterocycles. The van der Waals surface area contributed by atoms with E-state index in [4.69, 9.17) is 21.1 Å². The van der Waals surface area contributed by atoms with E-state index >= 15 is 0 Å². The number of ether oxygens (including phenoxy) is 2. The van der Waals surface area contributed by atoms with Crippen molar-refractivity contribution in [2.75, 3.05) is 6.61 Å². The first-order valence-corrected chi connectivity index (χ1v) is 6.63. The number of rotatable bonds is 5. The van der Waals surface area contributed by atoms with Gasteiger partial charge in [-0.05, 0) is 31.2 Å². The Kier molecular flexibility index (Phi) is 4.95. The highest BCUT2D eigenvalue weighted by molar-refractivity contribution is 6.32. The van der Waals surface area contributed by atoms with Gasteiger partial charge in [0.15, 0.2) is 12.4 Å². The zero-order chi connectivity index (χ0) is 15.2. The molecule has 0 unspecified atom stereocenters. The molecule has 5 heteroatoms. The summed E-state index contributed by atoms with van der Waals surface area (Å²) in [5.41, 5.74) is 0.520. The molecular weight excluding hydrogens is 292 g/mol. The first-order valence-electron chi connectivity index (χ1n) is 6.25. The smallest absolute Gasteiger partial charge is 0.349 e. The molecule has 108 valence electrons. The third-order valence-electron chi connectivity index (χ3n) is 2.66. The van der Waals surface area contributed by atoms with Gasteiger partial charge in [0.25, 0.3) is 0 Å². The molecule has 0 saturated heterocycles. The summed E-state index contributed by atoms with van der Waals surface area (Å²) < 4.78 is 10.4. The molecule has 0 aliphatic rings. The molecule has 0 aliphatic heterocycles. The van der Waals surface area contributed by atoms with Crippen LogP contribution in [0.5, 0.6) is 11.5 Å². The SMILES string of the molecule is CC(=O)c1cccc(OCC(=O)Oc2ccccc2Cl)c1. The largest absolute Gasteiger partial charge is 0.482 e. The first kappa shape index (κ1) is 15.1. The first-order chi connectivity index (χ1) is 10.1. The van der Waals surface area contributed by atoms with Gasteiger partial charge in [-0.2, -0.15) is 0 Å². The Balaban J connectivity index is 1.94. The number of para-hydroxylation sites is 1. The normalized spacial score (nSPS) is 10.0. The Morgan fingerprint density at radius 3 is 2.57 bits per heavy atom. The number of benzene rings is 2. The summed E-state index contributed by atoms with van der Waals surface area (Å²) in [6.07, 6.45) is 0. The maximum Gasteiger partial charge on any atom is 0.349 e. The summed E-state index contributed by atoms with van der Waals surface area (Å²) in [5.74, 6) is 0.0690. The van der Waals surface area contributed by atoms with Crippen LogP contribution in [0.15, 0.2) is 48.5 Å². The van der Waals surface area contributed by atoms with E-state index in [-0.39, 0.29) is 18.1 Å². The van der Waals surface area contributed by atoms with Gasteiger partial charge in [-0.1, -0.05) is 35.9 Å². The average Bonchev–Trinajstić information content (AvgIpc) is 2.48. The van der Waals surface area contributed by atoms with Gasteiger partial charge in [-0.15, -0.1) is 0 Å². The van der Waals surface area contributed by atoms with Crippen molar-refractivity contribution in [1.82, 2.24) is 0 Å². The fraction of sp³-hybridized carbons (Fsp3) is 0.125. The number of ketones is 1. The number of hydrogen-bond acceptors (Lipinski definition) is 4. The summed E-state index contributed by atoms with van der Waals surface area (Å²) >= 11 is 5.89. The van der Waals surface area contributed by atoms with Crippen LogP contribution in [0.2, 0.25) is 5.02 Å². The van der Waals surface area contributed by atoms with E-state index in [0.29, 0.717) is 16.3 Å². The van der Waals surface area contributed by atoms with Crippen LogP contribution in [0.4, 0.5) is 0 Å². The van der Waals surface area contributed by atoms with Gasteiger partial charge < -0.3 is 9.47 Å². The molecule has 0 atom stereocenters. The van der Waals surface area contributed by atoms with Crippen molar-refractivity contribution in [3.63, 3.8) is 0 Å². The molecule has 2 aromatic rings. The highest BCUT2D eigenvalue weighted by Gasteiger charge is 2.09. The number of Topliss-reactive ketones (excluding diaryl/α,β-unsaturated/α-hetero) is 1. The lowest BCUT2D eigenvalue weighted by Gasteiger charge is -2.08. The minimum atomic E-state index is -0.573. The van der Waals surface area contributed by atoms with Gasteiger partial charge in [0, 0.05) is 5.56 Å². The lowest BCUT2D eigenvalue weighted by atomic mass is 10.1. The molecule has 0 N–H and O–H groups in total. The lowest BCUT2D eigenvalue weighted by molar-refractivity contribution is -0.136. The van der Waals surface area contributed by atoms with Gasteiger partial charge in [0.1, 0.15) is 11.5 Å². The number of hydrogen-bond donors (Lipinski definition) is 0. The number of esters is 1. The average molecular weight is 305 g/mol. The molecule has 0 spiro atoms. The van der Waals surface area contributed by atoms with Crippen molar-refractivity contribution in [3.05, 3.63) is 59.1 Å². The Morgan fingerprint density at radius 1 is 1.10 bits per heavy atom. The van der Waals surface area contributed by atoms with Crippen LogP contribution >= 0.6 is 11.6 Å². The molecule has 2 aromatic carbocycles. The lowest BCUT2D eigenvalue weighted by Crippen LogP contribution is -2.17. The van der Waals surface area contributed by atoms with E-state index in [9.17, 15) is 9.59 Å². The van der Waals surface area contributed by atoms with Crippen LogP contribution in [0.1, 0.15) is 17.3 Å². The van der Waals surface area contributed by atoms with Crippen molar-refractivity contribution in [2.24, 2.45) is 0 Å². The fourth-order valence-electron chi connectivity index (χ4n) is 1.63. The Hall–Kier alpha value is -2.33. The predicted octanol–water partition coefficient (Wildman–Crippen LogP) is 3.53. The zero-order valence-electron chi connectivity index (χ0n) is 11.3. The van der Waals surface area contributed by atoms with Crippen LogP contribution in [-0.2, 0) is 4.79 Å². The van der Waals surface area contributed by atoms with Gasteiger partial charge in [-0.3, -0.25) is 4.79 Å². The molecule has 21 heavy (non-hydrogen) atoms. The molecule has 0 fully saturated rings. The van der Waals surface area contributed by atoms with Crippen molar-refractivity contribution >= 4 is 23.4 Å². The van der Waals surface area contributed by atoms with Crippen molar-refractivity contribution in [2.45, 2.75) is 6.92 Å². The van der Waals surface area contributed by atoms with Gasteiger partial charge in [-0.25, -0.2) is 4.79 Å².